The average Bonchev–Trinajstić information content (AvgIpc) is 3.05. The van der Waals surface area contributed by atoms with Crippen molar-refractivity contribution in [3.8, 4) is 5.75 Å². The van der Waals surface area contributed by atoms with Crippen LogP contribution in [0.25, 0.3) is 5.76 Å². The lowest BCUT2D eigenvalue weighted by atomic mass is 9.95. The molecular formula is C25H21BrN2O4. The van der Waals surface area contributed by atoms with Crippen molar-refractivity contribution in [2.45, 2.75) is 19.5 Å². The average molecular weight is 493 g/mol. The van der Waals surface area contributed by atoms with Crippen LogP contribution in [0.3, 0.4) is 0 Å². The molecule has 0 spiro atoms. The van der Waals surface area contributed by atoms with E-state index in [9.17, 15) is 14.7 Å². The minimum absolute atomic E-state index is 0.0469. The molecule has 1 atom stereocenters. The van der Waals surface area contributed by atoms with Gasteiger partial charge in [-0.3, -0.25) is 14.6 Å². The van der Waals surface area contributed by atoms with Crippen LogP contribution in [0.1, 0.15) is 29.7 Å². The molecule has 1 saturated heterocycles. The van der Waals surface area contributed by atoms with Crippen molar-refractivity contribution in [3.63, 3.8) is 0 Å². The summed E-state index contributed by atoms with van der Waals surface area (Å²) in [5.41, 5.74) is 1.96. The zero-order valence-corrected chi connectivity index (χ0v) is 19.0. The molecule has 1 aliphatic rings. The summed E-state index contributed by atoms with van der Waals surface area (Å²) < 4.78 is 6.33. The maximum atomic E-state index is 13.1. The number of rotatable bonds is 6. The van der Waals surface area contributed by atoms with Crippen molar-refractivity contribution in [1.82, 2.24) is 9.88 Å². The van der Waals surface area contributed by atoms with E-state index in [1.807, 2.05) is 37.3 Å². The van der Waals surface area contributed by atoms with E-state index in [1.165, 1.54) is 4.90 Å². The Balaban J connectivity index is 1.85. The number of ketones is 1. The Hall–Kier alpha value is -3.45. The summed E-state index contributed by atoms with van der Waals surface area (Å²) in [7, 11) is 0. The number of likely N-dealkylation sites (tertiary alicyclic amines) is 1. The molecule has 3 aromatic rings. The molecule has 6 nitrogen and oxygen atoms in total. The van der Waals surface area contributed by atoms with Crippen LogP contribution in [0, 0.1) is 0 Å². The molecule has 0 aliphatic carbocycles. The van der Waals surface area contributed by atoms with Gasteiger partial charge in [0.15, 0.2) is 0 Å². The Labute approximate surface area is 194 Å². The third-order valence-corrected chi connectivity index (χ3v) is 5.69. The molecular weight excluding hydrogens is 472 g/mol. The van der Waals surface area contributed by atoms with Gasteiger partial charge in [0.05, 0.1) is 18.2 Å². The molecule has 2 heterocycles. The van der Waals surface area contributed by atoms with Gasteiger partial charge in [-0.1, -0.05) is 46.3 Å². The van der Waals surface area contributed by atoms with Crippen LogP contribution in [0.2, 0.25) is 0 Å². The van der Waals surface area contributed by atoms with Crippen molar-refractivity contribution < 1.29 is 19.4 Å². The van der Waals surface area contributed by atoms with Crippen molar-refractivity contribution in [3.05, 3.63) is 99.8 Å². The number of halogens is 1. The monoisotopic (exact) mass is 492 g/mol. The van der Waals surface area contributed by atoms with E-state index in [-0.39, 0.29) is 17.9 Å². The van der Waals surface area contributed by atoms with Crippen molar-refractivity contribution in [2.75, 3.05) is 6.61 Å². The van der Waals surface area contributed by atoms with Crippen molar-refractivity contribution in [2.24, 2.45) is 0 Å². The first-order valence-electron chi connectivity index (χ1n) is 10.2. The molecule has 1 aliphatic heterocycles. The Kier molecular flexibility index (Phi) is 6.37. The number of carbonyl (C=O) groups excluding carboxylic acids is 2. The van der Waals surface area contributed by atoms with E-state index < -0.39 is 17.7 Å². The normalized spacial score (nSPS) is 17.6. The van der Waals surface area contributed by atoms with Gasteiger partial charge in [0, 0.05) is 29.0 Å². The second-order valence-electron chi connectivity index (χ2n) is 7.30. The van der Waals surface area contributed by atoms with E-state index in [0.717, 1.165) is 10.0 Å². The molecule has 1 N–H and O–H groups in total. The van der Waals surface area contributed by atoms with E-state index in [2.05, 4.69) is 20.9 Å². The zero-order chi connectivity index (χ0) is 22.7. The number of aliphatic hydroxyl groups is 1. The number of carbonyl (C=O) groups is 2. The predicted molar refractivity (Wildman–Crippen MR) is 124 cm³/mol. The molecule has 162 valence electrons. The highest BCUT2D eigenvalue weighted by molar-refractivity contribution is 9.10. The number of hydrogen-bond acceptors (Lipinski definition) is 5. The van der Waals surface area contributed by atoms with Gasteiger partial charge in [0.2, 0.25) is 0 Å². The first-order chi connectivity index (χ1) is 15.5. The number of aliphatic hydroxyl groups excluding tert-OH is 1. The fourth-order valence-corrected chi connectivity index (χ4v) is 4.23. The minimum Gasteiger partial charge on any atom is -0.507 e. The van der Waals surface area contributed by atoms with Gasteiger partial charge >= 0.3 is 0 Å². The highest BCUT2D eigenvalue weighted by Gasteiger charge is 2.46. The second kappa shape index (κ2) is 9.36. The summed E-state index contributed by atoms with van der Waals surface area (Å²) in [6.07, 6.45) is 3.30. The van der Waals surface area contributed by atoms with E-state index in [1.54, 1.807) is 42.7 Å². The van der Waals surface area contributed by atoms with Gasteiger partial charge in [-0.2, -0.15) is 0 Å². The summed E-state index contributed by atoms with van der Waals surface area (Å²) in [4.78, 5) is 31.8. The lowest BCUT2D eigenvalue weighted by molar-refractivity contribution is -0.140. The fourth-order valence-electron chi connectivity index (χ4n) is 3.81. The summed E-state index contributed by atoms with van der Waals surface area (Å²) in [5.74, 6) is -1.05. The van der Waals surface area contributed by atoms with E-state index in [0.29, 0.717) is 23.5 Å². The summed E-state index contributed by atoms with van der Waals surface area (Å²) in [6.45, 7) is 2.52. The first kappa shape index (κ1) is 21.8. The Morgan fingerprint density at radius 3 is 2.66 bits per heavy atom. The molecule has 0 saturated carbocycles. The number of amides is 1. The standard InChI is InChI=1S/C25H21BrN2O4/c1-2-32-20-10-4-8-18(13-20)23(29)21-22(17-7-3-9-19(26)12-17)28(25(31)24(21)30)15-16-6-5-11-27-14-16/h3-14,22,29H,2,15H2,1H3. The molecule has 4 rings (SSSR count). The number of aromatic nitrogens is 1. The Bertz CT molecular complexity index is 1190. The SMILES string of the molecule is CCOc1cccc(C(O)=C2C(=O)C(=O)N(Cc3cccnc3)C2c2cccc(Br)c2)c1. The Morgan fingerprint density at radius 1 is 1.12 bits per heavy atom. The Morgan fingerprint density at radius 2 is 1.94 bits per heavy atom. The van der Waals surface area contributed by atoms with Gasteiger partial charge in [0.1, 0.15) is 11.5 Å². The highest BCUT2D eigenvalue weighted by atomic mass is 79.9. The highest BCUT2D eigenvalue weighted by Crippen LogP contribution is 2.41. The zero-order valence-electron chi connectivity index (χ0n) is 17.4. The van der Waals surface area contributed by atoms with Gasteiger partial charge in [-0.15, -0.1) is 0 Å². The van der Waals surface area contributed by atoms with Crippen LogP contribution in [0.5, 0.6) is 5.75 Å². The summed E-state index contributed by atoms with van der Waals surface area (Å²) in [6, 6.07) is 17.1. The second-order valence-corrected chi connectivity index (χ2v) is 8.22. The third-order valence-electron chi connectivity index (χ3n) is 5.20. The van der Waals surface area contributed by atoms with Gasteiger partial charge < -0.3 is 14.7 Å². The molecule has 0 bridgehead atoms. The quantitative estimate of drug-likeness (QED) is 0.301. The molecule has 0 radical (unpaired) electrons. The lowest BCUT2D eigenvalue weighted by Gasteiger charge is -2.25. The predicted octanol–water partition coefficient (Wildman–Crippen LogP) is 4.86. The van der Waals surface area contributed by atoms with Crippen LogP contribution in [-0.4, -0.2) is 33.3 Å². The molecule has 1 amide bonds. The van der Waals surface area contributed by atoms with Crippen molar-refractivity contribution in [1.29, 1.82) is 0 Å². The van der Waals surface area contributed by atoms with E-state index >= 15 is 0 Å². The maximum Gasteiger partial charge on any atom is 0.295 e. The van der Waals surface area contributed by atoms with Crippen molar-refractivity contribution >= 4 is 33.4 Å². The number of ether oxygens (including phenoxy) is 1. The number of Topliss-reactive ketones (excluding diaryl/α,β-unsaturated/α-hetero) is 1. The van der Waals surface area contributed by atoms with Crippen LogP contribution < -0.4 is 4.74 Å². The van der Waals surface area contributed by atoms with Crippen LogP contribution in [0.4, 0.5) is 0 Å². The van der Waals surface area contributed by atoms with Gasteiger partial charge in [-0.05, 0) is 48.4 Å². The van der Waals surface area contributed by atoms with Crippen LogP contribution in [-0.2, 0) is 16.1 Å². The number of nitrogens with zero attached hydrogens (tertiary/aromatic N) is 2. The molecule has 7 heteroatoms. The topological polar surface area (TPSA) is 79.7 Å². The minimum atomic E-state index is -0.747. The van der Waals surface area contributed by atoms with E-state index in [4.69, 9.17) is 4.74 Å². The number of hydrogen-bond donors (Lipinski definition) is 1. The molecule has 1 unspecified atom stereocenters. The van der Waals surface area contributed by atoms with Crippen LogP contribution in [0.15, 0.2) is 83.1 Å². The molecule has 1 fully saturated rings. The summed E-state index contributed by atoms with van der Waals surface area (Å²) in [5, 5.41) is 11.2. The lowest BCUT2D eigenvalue weighted by Crippen LogP contribution is -2.29. The number of benzene rings is 2. The molecule has 1 aromatic heterocycles. The largest absolute Gasteiger partial charge is 0.507 e. The summed E-state index contributed by atoms with van der Waals surface area (Å²) >= 11 is 3.46. The molecule has 2 aromatic carbocycles. The first-order valence-corrected chi connectivity index (χ1v) is 10.9. The smallest absolute Gasteiger partial charge is 0.295 e. The number of pyridine rings is 1. The van der Waals surface area contributed by atoms with Gasteiger partial charge in [-0.25, -0.2) is 0 Å². The third kappa shape index (κ3) is 4.29. The molecule has 32 heavy (non-hydrogen) atoms. The fraction of sp³-hybridized carbons (Fsp3) is 0.160. The van der Waals surface area contributed by atoms with Crippen LogP contribution >= 0.6 is 15.9 Å². The maximum absolute atomic E-state index is 13.1. The van der Waals surface area contributed by atoms with Gasteiger partial charge in [0.25, 0.3) is 11.7 Å².